The molecule has 0 unspecified atom stereocenters. The zero-order valence-corrected chi connectivity index (χ0v) is 4.70. The fraction of sp³-hybridized carbons (Fsp3) is 0.500. The van der Waals surface area contributed by atoms with E-state index in [0.717, 1.165) is 0 Å². The lowest BCUT2D eigenvalue weighted by atomic mass is 11.2. The molecule has 1 amide bonds. The number of carbonyl (C=O) groups excluding carboxylic acids is 1. The van der Waals surface area contributed by atoms with Crippen LogP contribution in [0.2, 0.25) is 0 Å². The van der Waals surface area contributed by atoms with Crippen molar-refractivity contribution < 1.29 is 14.7 Å². The maximum Gasteiger partial charge on any atom is 0.321 e. The van der Waals surface area contributed by atoms with Crippen molar-refractivity contribution in [2.75, 3.05) is 0 Å². The Morgan fingerprint density at radius 1 is 1.56 bits per heavy atom. The van der Waals surface area contributed by atoms with Gasteiger partial charge in [0.15, 0.2) is 0 Å². The molecule has 0 aliphatic rings. The first-order valence-electron chi connectivity index (χ1n) is 2.30. The van der Waals surface area contributed by atoms with Crippen LogP contribution in [-0.2, 0) is 9.59 Å². The molecule has 0 saturated carbocycles. The van der Waals surface area contributed by atoms with Gasteiger partial charge in [-0.3, -0.25) is 9.59 Å². The summed E-state index contributed by atoms with van der Waals surface area (Å²) in [5.41, 5.74) is 9.57. The molecule has 0 aromatic rings. The lowest BCUT2D eigenvalue weighted by molar-refractivity contribution is -0.140. The Bertz CT molecular complexity index is 134. The number of aliphatic carboxylic acids is 1. The first kappa shape index (κ1) is 7.90. The molecule has 5 nitrogen and oxygen atoms in total. The molecule has 0 aliphatic heterocycles. The number of carboxylic acid groups (broad SMARTS) is 1. The van der Waals surface area contributed by atoms with Gasteiger partial charge in [-0.25, -0.2) is 0 Å². The fourth-order valence-electron chi connectivity index (χ4n) is 0.304. The zero-order valence-electron chi connectivity index (χ0n) is 4.70. The third kappa shape index (κ3) is 3.48. The predicted molar refractivity (Wildman–Crippen MR) is 29.4 cm³/mol. The summed E-state index contributed by atoms with van der Waals surface area (Å²) in [6.45, 7) is 0. The Hall–Kier alpha value is -1.10. The maximum absolute atomic E-state index is 9.99. The second-order valence-electron chi connectivity index (χ2n) is 1.62. The van der Waals surface area contributed by atoms with Gasteiger partial charge in [-0.15, -0.1) is 0 Å². The van der Waals surface area contributed by atoms with E-state index >= 15 is 0 Å². The van der Waals surface area contributed by atoms with E-state index in [1.165, 1.54) is 0 Å². The number of hydrogen-bond acceptors (Lipinski definition) is 3. The van der Waals surface area contributed by atoms with Gasteiger partial charge >= 0.3 is 5.97 Å². The summed E-state index contributed by atoms with van der Waals surface area (Å²) in [6, 6.07) is -1.16. The van der Waals surface area contributed by atoms with Gasteiger partial charge < -0.3 is 16.6 Å². The van der Waals surface area contributed by atoms with Gasteiger partial charge in [0.25, 0.3) is 0 Å². The Balaban J connectivity index is 3.63. The van der Waals surface area contributed by atoms with Gasteiger partial charge in [0.05, 0.1) is 6.42 Å². The molecule has 9 heavy (non-hydrogen) atoms. The molecule has 0 heterocycles. The number of nitrogens with two attached hydrogens (primary N) is 2. The Morgan fingerprint density at radius 2 is 2.00 bits per heavy atom. The SMILES string of the molecule is [15NH2][13C](=O)[13CH2][13C@@H]([15NH2])[13C](=O)O. The van der Waals surface area contributed by atoms with Gasteiger partial charge in [0, 0.05) is 0 Å². The van der Waals surface area contributed by atoms with Gasteiger partial charge in [0.2, 0.25) is 5.91 Å². The minimum Gasteiger partial charge on any atom is -0.480 e. The molecule has 5 heteroatoms. The number of hydrogen-bond donors (Lipinski definition) is 3. The van der Waals surface area contributed by atoms with Crippen molar-refractivity contribution in [1.82, 2.24) is 0 Å². The Labute approximate surface area is 51.6 Å². The summed E-state index contributed by atoms with van der Waals surface area (Å²) in [6.07, 6.45) is -0.310. The molecule has 0 aromatic heterocycles. The zero-order chi connectivity index (χ0) is 7.44. The van der Waals surface area contributed by atoms with Crippen LogP contribution >= 0.6 is 0 Å². The number of carbonyl (C=O) groups is 2. The average molecular weight is 138 g/mol. The van der Waals surface area contributed by atoms with Crippen molar-refractivity contribution in [3.63, 3.8) is 0 Å². The van der Waals surface area contributed by atoms with E-state index in [9.17, 15) is 9.59 Å². The summed E-state index contributed by atoms with van der Waals surface area (Å²) < 4.78 is 0. The number of rotatable bonds is 3. The summed E-state index contributed by atoms with van der Waals surface area (Å²) in [5, 5.41) is 8.10. The highest BCUT2D eigenvalue weighted by Crippen LogP contribution is 1.84. The quantitative estimate of drug-likeness (QED) is 0.318. The minimum atomic E-state index is -1.21. The maximum atomic E-state index is 9.99. The van der Waals surface area contributed by atoms with Crippen LogP contribution < -0.4 is 11.5 Å². The molecule has 0 aromatic carbocycles. The van der Waals surface area contributed by atoms with Crippen LogP contribution in [0.4, 0.5) is 0 Å². The summed E-state index contributed by atoms with van der Waals surface area (Å²) in [5.74, 6) is -1.92. The first-order valence-corrected chi connectivity index (χ1v) is 2.30. The molecule has 0 bridgehead atoms. The third-order valence-electron chi connectivity index (χ3n) is 0.738. The van der Waals surface area contributed by atoms with Crippen molar-refractivity contribution in [2.45, 2.75) is 12.5 Å². The number of primary amides is 1. The van der Waals surface area contributed by atoms with E-state index in [-0.39, 0.29) is 6.42 Å². The molecule has 0 saturated heterocycles. The molecule has 52 valence electrons. The summed E-state index contributed by atoms with van der Waals surface area (Å²) in [7, 11) is 0. The van der Waals surface area contributed by atoms with Crippen molar-refractivity contribution in [3.05, 3.63) is 0 Å². The van der Waals surface area contributed by atoms with Crippen LogP contribution in [0, 0.1) is 0 Å². The lowest BCUT2D eigenvalue weighted by Gasteiger charge is -1.99. The van der Waals surface area contributed by atoms with E-state index in [1.54, 1.807) is 0 Å². The minimum absolute atomic E-state index is 0.310. The molecule has 0 fully saturated rings. The molecule has 0 radical (unpaired) electrons. The second kappa shape index (κ2) is 3.03. The average Bonchev–Trinajstić information content (AvgIpc) is 1.63. The normalized spacial score (nSPS) is 12.6. The molecular formula is C4H8N2O3. The van der Waals surface area contributed by atoms with E-state index in [2.05, 4.69) is 5.73 Å². The van der Waals surface area contributed by atoms with Gasteiger partial charge in [-0.2, -0.15) is 0 Å². The topological polar surface area (TPSA) is 106 Å². The molecule has 0 rings (SSSR count). The first-order chi connectivity index (χ1) is 4.04. The van der Waals surface area contributed by atoms with Crippen LogP contribution in [0.15, 0.2) is 0 Å². The van der Waals surface area contributed by atoms with Crippen LogP contribution in [0.25, 0.3) is 0 Å². The predicted octanol–water partition coefficient (Wildman–Crippen LogP) is -1.73. The lowest BCUT2D eigenvalue weighted by Crippen LogP contribution is -2.34. The Morgan fingerprint density at radius 3 is 2.11 bits per heavy atom. The molecular weight excluding hydrogens is 130 g/mol. The van der Waals surface area contributed by atoms with Gasteiger partial charge in [-0.1, -0.05) is 0 Å². The number of amides is 1. The van der Waals surface area contributed by atoms with E-state index in [0.29, 0.717) is 0 Å². The Kier molecular flexibility index (Phi) is 2.66. The second-order valence-corrected chi connectivity index (χ2v) is 1.62. The number of carboxylic acids is 1. The van der Waals surface area contributed by atoms with Crippen LogP contribution in [-0.4, -0.2) is 23.0 Å². The van der Waals surface area contributed by atoms with Crippen molar-refractivity contribution >= 4 is 11.9 Å². The monoisotopic (exact) mass is 138 g/mol. The van der Waals surface area contributed by atoms with Gasteiger partial charge in [-0.05, 0) is 0 Å². The van der Waals surface area contributed by atoms with Crippen molar-refractivity contribution in [3.8, 4) is 0 Å². The highest BCUT2D eigenvalue weighted by molar-refractivity contribution is 5.82. The molecule has 1 atom stereocenters. The molecule has 0 aliphatic carbocycles. The van der Waals surface area contributed by atoms with Crippen LogP contribution in [0.1, 0.15) is 6.42 Å². The largest absolute Gasteiger partial charge is 0.480 e. The van der Waals surface area contributed by atoms with Crippen LogP contribution in [0.3, 0.4) is 0 Å². The van der Waals surface area contributed by atoms with Gasteiger partial charge in [0.1, 0.15) is 6.04 Å². The van der Waals surface area contributed by atoms with Crippen molar-refractivity contribution in [1.29, 1.82) is 0 Å². The highest BCUT2D eigenvalue weighted by atomic mass is 16.5. The molecule has 5 N–H and O–H groups in total. The highest BCUT2D eigenvalue weighted by Gasteiger charge is 2.13. The van der Waals surface area contributed by atoms with Crippen molar-refractivity contribution in [2.24, 2.45) is 11.5 Å². The van der Waals surface area contributed by atoms with E-state index in [4.69, 9.17) is 10.8 Å². The smallest absolute Gasteiger partial charge is 0.321 e. The molecule has 0 spiro atoms. The van der Waals surface area contributed by atoms with E-state index < -0.39 is 17.9 Å². The third-order valence-corrected chi connectivity index (χ3v) is 0.738. The van der Waals surface area contributed by atoms with Crippen LogP contribution in [0.5, 0.6) is 0 Å². The summed E-state index contributed by atoms with van der Waals surface area (Å²) >= 11 is 0. The van der Waals surface area contributed by atoms with E-state index in [1.807, 2.05) is 0 Å². The standard InChI is InChI=1S/C4H8N2O3/c5-2(4(8)9)1-3(6)7/h2H,1,5H2,(H2,6,7)(H,8,9)/t2-/m1/s1/i1+1,2+1,3+1,4+1,5+1,6+1. The summed E-state index contributed by atoms with van der Waals surface area (Å²) in [4.78, 5) is 19.9. The fourth-order valence-corrected chi connectivity index (χ4v) is 0.304.